The first-order valence-corrected chi connectivity index (χ1v) is 3.92. The minimum atomic E-state index is 0.779. The molecule has 2 rings (SSSR count). The summed E-state index contributed by atoms with van der Waals surface area (Å²) in [7, 11) is 1.82. The standard InChI is InChI=1S/C10H10NO/c1-11-7-8-2-3-10-9(6-8)4-5-12-10/h2-6H,7H2,1H3/q-1. The van der Waals surface area contributed by atoms with Crippen LogP contribution in [0.3, 0.4) is 0 Å². The summed E-state index contributed by atoms with van der Waals surface area (Å²) in [5.41, 5.74) is 2.17. The Labute approximate surface area is 71.2 Å². The zero-order chi connectivity index (χ0) is 8.39. The molecule has 2 nitrogen and oxygen atoms in total. The van der Waals surface area contributed by atoms with Crippen molar-refractivity contribution in [2.24, 2.45) is 0 Å². The SMILES string of the molecule is C[N-]Cc1ccc2occc2c1. The Morgan fingerprint density at radius 1 is 1.33 bits per heavy atom. The Morgan fingerprint density at radius 2 is 2.25 bits per heavy atom. The lowest BCUT2D eigenvalue weighted by atomic mass is 10.1. The molecular formula is C10H10NO-. The third kappa shape index (κ3) is 1.21. The maximum absolute atomic E-state index is 5.22. The molecule has 0 unspecified atom stereocenters. The highest BCUT2D eigenvalue weighted by Gasteiger charge is 1.94. The molecule has 0 bridgehead atoms. The lowest BCUT2D eigenvalue weighted by Gasteiger charge is -2.10. The Kier molecular flexibility index (Phi) is 1.84. The van der Waals surface area contributed by atoms with Crippen LogP contribution >= 0.6 is 0 Å². The van der Waals surface area contributed by atoms with Crippen LogP contribution in [0.25, 0.3) is 16.3 Å². The van der Waals surface area contributed by atoms with Gasteiger partial charge in [-0.25, -0.2) is 0 Å². The molecule has 0 aliphatic rings. The minimum Gasteiger partial charge on any atom is -0.661 e. The first kappa shape index (κ1) is 7.37. The maximum atomic E-state index is 5.22. The first-order valence-electron chi connectivity index (χ1n) is 3.92. The molecule has 0 N–H and O–H groups in total. The van der Waals surface area contributed by atoms with Crippen LogP contribution in [-0.2, 0) is 6.54 Å². The van der Waals surface area contributed by atoms with E-state index in [4.69, 9.17) is 4.42 Å². The molecular weight excluding hydrogens is 150 g/mol. The predicted octanol–water partition coefficient (Wildman–Crippen LogP) is 2.94. The number of rotatable bonds is 2. The predicted molar refractivity (Wildman–Crippen MR) is 49.2 cm³/mol. The molecule has 0 amide bonds. The van der Waals surface area contributed by atoms with Gasteiger partial charge in [-0.1, -0.05) is 11.6 Å². The zero-order valence-electron chi connectivity index (χ0n) is 6.95. The fraction of sp³-hybridized carbons (Fsp3) is 0.200. The number of benzene rings is 1. The van der Waals surface area contributed by atoms with Crippen LogP contribution in [0.1, 0.15) is 5.56 Å². The van der Waals surface area contributed by atoms with Crippen molar-refractivity contribution in [1.29, 1.82) is 0 Å². The van der Waals surface area contributed by atoms with Gasteiger partial charge in [-0.15, -0.1) is 6.54 Å². The molecule has 2 aromatic rings. The van der Waals surface area contributed by atoms with E-state index in [0.29, 0.717) is 0 Å². The van der Waals surface area contributed by atoms with Crippen molar-refractivity contribution in [1.82, 2.24) is 0 Å². The van der Waals surface area contributed by atoms with Gasteiger partial charge >= 0.3 is 0 Å². The van der Waals surface area contributed by atoms with Crippen molar-refractivity contribution < 1.29 is 4.42 Å². The third-order valence-corrected chi connectivity index (χ3v) is 1.86. The van der Waals surface area contributed by atoms with Crippen molar-refractivity contribution in [2.75, 3.05) is 7.05 Å². The van der Waals surface area contributed by atoms with Gasteiger partial charge in [-0.3, -0.25) is 0 Å². The van der Waals surface area contributed by atoms with Crippen molar-refractivity contribution in [2.45, 2.75) is 6.54 Å². The average molecular weight is 160 g/mol. The van der Waals surface area contributed by atoms with Gasteiger partial charge in [0, 0.05) is 5.39 Å². The Morgan fingerprint density at radius 3 is 3.08 bits per heavy atom. The molecule has 0 saturated carbocycles. The first-order chi connectivity index (χ1) is 5.90. The van der Waals surface area contributed by atoms with Gasteiger partial charge in [0.25, 0.3) is 0 Å². The molecule has 1 heterocycles. The van der Waals surface area contributed by atoms with Crippen molar-refractivity contribution >= 4 is 11.0 Å². The Bertz CT molecular complexity index is 378. The van der Waals surface area contributed by atoms with E-state index in [0.717, 1.165) is 17.5 Å². The van der Waals surface area contributed by atoms with Crippen LogP contribution in [-0.4, -0.2) is 7.05 Å². The van der Waals surface area contributed by atoms with Crippen LogP contribution in [0.15, 0.2) is 34.9 Å². The number of hydrogen-bond acceptors (Lipinski definition) is 1. The summed E-state index contributed by atoms with van der Waals surface area (Å²) in [5, 5.41) is 5.22. The Hall–Kier alpha value is -1.28. The highest BCUT2D eigenvalue weighted by atomic mass is 16.3. The van der Waals surface area contributed by atoms with Gasteiger partial charge in [0.1, 0.15) is 5.58 Å². The van der Waals surface area contributed by atoms with E-state index in [-0.39, 0.29) is 0 Å². The fourth-order valence-electron chi connectivity index (χ4n) is 1.30. The molecule has 0 saturated heterocycles. The number of nitrogens with zero attached hydrogens (tertiary/aromatic N) is 1. The second kappa shape index (κ2) is 2.99. The minimum absolute atomic E-state index is 0.779. The second-order valence-corrected chi connectivity index (χ2v) is 2.77. The van der Waals surface area contributed by atoms with Crippen LogP contribution in [0.4, 0.5) is 0 Å². The summed E-state index contributed by atoms with van der Waals surface area (Å²) in [6, 6.07) is 8.09. The highest BCUT2D eigenvalue weighted by molar-refractivity contribution is 5.77. The summed E-state index contributed by atoms with van der Waals surface area (Å²) >= 11 is 0. The molecule has 0 spiro atoms. The van der Waals surface area contributed by atoms with E-state index in [9.17, 15) is 0 Å². The average Bonchev–Trinajstić information content (AvgIpc) is 2.51. The quantitative estimate of drug-likeness (QED) is 0.663. The fourth-order valence-corrected chi connectivity index (χ4v) is 1.30. The van der Waals surface area contributed by atoms with Crippen molar-refractivity contribution in [3.63, 3.8) is 0 Å². The van der Waals surface area contributed by atoms with Crippen LogP contribution in [0.2, 0.25) is 0 Å². The number of fused-ring (bicyclic) bond motifs is 1. The van der Waals surface area contributed by atoms with E-state index in [1.54, 1.807) is 6.26 Å². The lowest BCUT2D eigenvalue weighted by Crippen LogP contribution is -1.80. The zero-order valence-corrected chi connectivity index (χ0v) is 6.95. The Balaban J connectivity index is 2.46. The number of hydrogen-bond donors (Lipinski definition) is 0. The topological polar surface area (TPSA) is 27.2 Å². The highest BCUT2D eigenvalue weighted by Crippen LogP contribution is 2.17. The molecule has 12 heavy (non-hydrogen) atoms. The van der Waals surface area contributed by atoms with E-state index >= 15 is 0 Å². The summed E-state index contributed by atoms with van der Waals surface area (Å²) in [5.74, 6) is 0. The molecule has 0 fully saturated rings. The van der Waals surface area contributed by atoms with Crippen molar-refractivity contribution in [3.05, 3.63) is 41.4 Å². The number of furan rings is 1. The lowest BCUT2D eigenvalue weighted by molar-refractivity contribution is 0.616. The van der Waals surface area contributed by atoms with Crippen LogP contribution < -0.4 is 0 Å². The molecule has 1 aromatic carbocycles. The van der Waals surface area contributed by atoms with Gasteiger partial charge in [0.15, 0.2) is 0 Å². The largest absolute Gasteiger partial charge is 0.661 e. The molecule has 0 aliphatic carbocycles. The normalized spacial score (nSPS) is 10.8. The van der Waals surface area contributed by atoms with Gasteiger partial charge in [-0.05, 0) is 18.2 Å². The molecule has 0 atom stereocenters. The second-order valence-electron chi connectivity index (χ2n) is 2.77. The maximum Gasteiger partial charge on any atom is 0.133 e. The van der Waals surface area contributed by atoms with Gasteiger partial charge in [-0.2, -0.15) is 7.05 Å². The van der Waals surface area contributed by atoms with E-state index in [1.807, 2.05) is 25.2 Å². The van der Waals surface area contributed by atoms with E-state index < -0.39 is 0 Å². The molecule has 2 heteroatoms. The summed E-state index contributed by atoms with van der Waals surface area (Å²) in [4.78, 5) is 0. The van der Waals surface area contributed by atoms with Crippen LogP contribution in [0.5, 0.6) is 0 Å². The van der Waals surface area contributed by atoms with Crippen molar-refractivity contribution in [3.8, 4) is 0 Å². The molecule has 0 aliphatic heterocycles. The molecule has 0 radical (unpaired) electrons. The van der Waals surface area contributed by atoms with Crippen LogP contribution in [0, 0.1) is 0 Å². The summed E-state index contributed by atoms with van der Waals surface area (Å²) < 4.78 is 5.22. The molecule has 1 aromatic heterocycles. The molecule has 62 valence electrons. The van der Waals surface area contributed by atoms with Gasteiger partial charge < -0.3 is 9.73 Å². The summed E-state index contributed by atoms with van der Waals surface area (Å²) in [6.45, 7) is 0.779. The third-order valence-electron chi connectivity index (χ3n) is 1.86. The monoisotopic (exact) mass is 160 g/mol. The smallest absolute Gasteiger partial charge is 0.133 e. The van der Waals surface area contributed by atoms with Gasteiger partial charge in [0.05, 0.1) is 6.26 Å². The van der Waals surface area contributed by atoms with E-state index in [2.05, 4.69) is 11.4 Å². The van der Waals surface area contributed by atoms with E-state index in [1.165, 1.54) is 5.56 Å². The summed E-state index contributed by atoms with van der Waals surface area (Å²) in [6.07, 6.45) is 1.71. The van der Waals surface area contributed by atoms with Gasteiger partial charge in [0.2, 0.25) is 0 Å².